The highest BCUT2D eigenvalue weighted by atomic mass is 16.6. The summed E-state index contributed by atoms with van der Waals surface area (Å²) in [5.74, 6) is -0.771. The molecule has 9 heteroatoms. The lowest BCUT2D eigenvalue weighted by atomic mass is 10.1. The van der Waals surface area contributed by atoms with Gasteiger partial charge in [-0.1, -0.05) is 11.2 Å². The van der Waals surface area contributed by atoms with Crippen LogP contribution in [0.25, 0.3) is 0 Å². The number of carbonyl (C=O) groups is 2. The van der Waals surface area contributed by atoms with E-state index in [0.29, 0.717) is 0 Å². The Bertz CT molecular complexity index is 641. The SMILES string of the molecule is O=C(/C=N\OCC(=O)N1CCCCC1)Nc1cccc([N+](=O)[O-])c1. The van der Waals surface area contributed by atoms with Crippen molar-refractivity contribution in [1.82, 2.24) is 4.90 Å². The molecule has 0 aliphatic carbocycles. The van der Waals surface area contributed by atoms with Crippen LogP contribution in [0.3, 0.4) is 0 Å². The number of piperidine rings is 1. The number of hydrogen-bond donors (Lipinski definition) is 1. The monoisotopic (exact) mass is 334 g/mol. The molecular formula is C15H18N4O5. The number of hydrogen-bond acceptors (Lipinski definition) is 6. The molecule has 1 heterocycles. The van der Waals surface area contributed by atoms with Crippen molar-refractivity contribution in [2.75, 3.05) is 25.0 Å². The number of nitrogens with one attached hydrogen (secondary N) is 1. The Hall–Kier alpha value is -2.97. The van der Waals surface area contributed by atoms with Gasteiger partial charge in [-0.2, -0.15) is 0 Å². The van der Waals surface area contributed by atoms with Gasteiger partial charge in [0.15, 0.2) is 6.61 Å². The number of oxime groups is 1. The zero-order valence-electron chi connectivity index (χ0n) is 13.0. The van der Waals surface area contributed by atoms with Gasteiger partial charge in [0.2, 0.25) is 0 Å². The van der Waals surface area contributed by atoms with Gasteiger partial charge in [0.25, 0.3) is 17.5 Å². The third kappa shape index (κ3) is 5.34. The second kappa shape index (κ2) is 8.61. The van der Waals surface area contributed by atoms with Crippen molar-refractivity contribution < 1.29 is 19.3 Å². The van der Waals surface area contributed by atoms with Gasteiger partial charge in [-0.15, -0.1) is 0 Å². The molecule has 1 fully saturated rings. The molecule has 1 aliphatic heterocycles. The van der Waals surface area contributed by atoms with E-state index in [9.17, 15) is 19.7 Å². The number of likely N-dealkylation sites (tertiary alicyclic amines) is 1. The summed E-state index contributed by atoms with van der Waals surface area (Å²) in [4.78, 5) is 40.1. The van der Waals surface area contributed by atoms with E-state index in [-0.39, 0.29) is 23.9 Å². The number of non-ortho nitro benzene ring substituents is 1. The zero-order chi connectivity index (χ0) is 17.4. The molecule has 0 saturated carbocycles. The molecule has 24 heavy (non-hydrogen) atoms. The number of carbonyl (C=O) groups excluding carboxylic acids is 2. The van der Waals surface area contributed by atoms with E-state index in [0.717, 1.165) is 38.6 Å². The minimum absolute atomic E-state index is 0.131. The van der Waals surface area contributed by atoms with Crippen LogP contribution in [-0.2, 0) is 14.4 Å². The fourth-order valence-corrected chi connectivity index (χ4v) is 2.28. The van der Waals surface area contributed by atoms with E-state index in [2.05, 4.69) is 10.5 Å². The second-order valence-corrected chi connectivity index (χ2v) is 5.25. The molecule has 9 nitrogen and oxygen atoms in total. The molecule has 0 aromatic heterocycles. The Kier molecular flexibility index (Phi) is 6.23. The number of amides is 2. The van der Waals surface area contributed by atoms with E-state index in [1.807, 2.05) is 0 Å². The van der Waals surface area contributed by atoms with Crippen LogP contribution in [0.15, 0.2) is 29.4 Å². The first-order valence-corrected chi connectivity index (χ1v) is 7.55. The van der Waals surface area contributed by atoms with Gasteiger partial charge in [0.1, 0.15) is 6.21 Å². The Labute approximate surface area is 138 Å². The van der Waals surface area contributed by atoms with Gasteiger partial charge in [0, 0.05) is 30.9 Å². The number of anilines is 1. The van der Waals surface area contributed by atoms with E-state index < -0.39 is 10.8 Å². The van der Waals surface area contributed by atoms with Crippen LogP contribution >= 0.6 is 0 Å². The largest absolute Gasteiger partial charge is 0.386 e. The van der Waals surface area contributed by atoms with Crippen molar-refractivity contribution in [3.63, 3.8) is 0 Å². The van der Waals surface area contributed by atoms with Gasteiger partial charge < -0.3 is 15.1 Å². The minimum Gasteiger partial charge on any atom is -0.386 e. The summed E-state index contributed by atoms with van der Waals surface area (Å²) >= 11 is 0. The first-order valence-electron chi connectivity index (χ1n) is 7.55. The van der Waals surface area contributed by atoms with E-state index in [1.54, 1.807) is 4.90 Å². The molecule has 1 aromatic carbocycles. The number of nitro groups is 1. The normalized spacial score (nSPS) is 14.4. The van der Waals surface area contributed by atoms with Crippen LogP contribution in [-0.4, -0.2) is 47.5 Å². The van der Waals surface area contributed by atoms with Gasteiger partial charge in [0.05, 0.1) is 4.92 Å². The number of benzene rings is 1. The van der Waals surface area contributed by atoms with Crippen molar-refractivity contribution in [1.29, 1.82) is 0 Å². The molecule has 1 aromatic rings. The van der Waals surface area contributed by atoms with E-state index in [1.165, 1.54) is 24.3 Å². The minimum atomic E-state index is -0.610. The van der Waals surface area contributed by atoms with Crippen molar-refractivity contribution in [2.45, 2.75) is 19.3 Å². The number of rotatable bonds is 6. The predicted octanol–water partition coefficient (Wildman–Crippen LogP) is 1.55. The lowest BCUT2D eigenvalue weighted by molar-refractivity contribution is -0.384. The predicted molar refractivity (Wildman–Crippen MR) is 86.6 cm³/mol. The molecule has 0 unspecified atom stereocenters. The summed E-state index contributed by atoms with van der Waals surface area (Å²) in [5, 5.41) is 16.5. The maximum Gasteiger partial charge on any atom is 0.271 e. The van der Waals surface area contributed by atoms with Crippen LogP contribution in [0.4, 0.5) is 11.4 Å². The maximum atomic E-state index is 11.8. The quantitative estimate of drug-likeness (QED) is 0.481. The van der Waals surface area contributed by atoms with Crippen LogP contribution in [0.1, 0.15) is 19.3 Å². The molecule has 0 spiro atoms. The number of nitrogens with zero attached hydrogens (tertiary/aromatic N) is 3. The van der Waals surface area contributed by atoms with Gasteiger partial charge in [-0.3, -0.25) is 19.7 Å². The fraction of sp³-hybridized carbons (Fsp3) is 0.400. The lowest BCUT2D eigenvalue weighted by Crippen LogP contribution is -2.37. The first kappa shape index (κ1) is 17.4. The first-order chi connectivity index (χ1) is 11.6. The van der Waals surface area contributed by atoms with Crippen molar-refractivity contribution in [3.05, 3.63) is 34.4 Å². The smallest absolute Gasteiger partial charge is 0.271 e. The summed E-state index contributed by atoms with van der Waals surface area (Å²) in [5.41, 5.74) is 0.137. The average molecular weight is 334 g/mol. The molecule has 1 saturated heterocycles. The maximum absolute atomic E-state index is 11.8. The molecule has 128 valence electrons. The summed E-state index contributed by atoms with van der Waals surface area (Å²) in [6, 6.07) is 5.52. The Balaban J connectivity index is 1.75. The lowest BCUT2D eigenvalue weighted by Gasteiger charge is -2.25. The third-order valence-electron chi connectivity index (χ3n) is 3.47. The molecule has 0 bridgehead atoms. The highest BCUT2D eigenvalue weighted by Gasteiger charge is 2.16. The van der Waals surface area contributed by atoms with Gasteiger partial charge >= 0.3 is 0 Å². The van der Waals surface area contributed by atoms with Crippen LogP contribution < -0.4 is 5.32 Å². The highest BCUT2D eigenvalue weighted by Crippen LogP contribution is 2.16. The molecule has 0 radical (unpaired) electrons. The Morgan fingerprint density at radius 1 is 1.33 bits per heavy atom. The number of nitro benzene ring substituents is 1. The topological polar surface area (TPSA) is 114 Å². The Morgan fingerprint density at radius 3 is 2.79 bits per heavy atom. The van der Waals surface area contributed by atoms with Crippen LogP contribution in [0.5, 0.6) is 0 Å². The van der Waals surface area contributed by atoms with Crippen molar-refractivity contribution >= 4 is 29.4 Å². The summed E-state index contributed by atoms with van der Waals surface area (Å²) in [7, 11) is 0. The zero-order valence-corrected chi connectivity index (χ0v) is 13.0. The van der Waals surface area contributed by atoms with Gasteiger partial charge in [-0.05, 0) is 25.3 Å². The van der Waals surface area contributed by atoms with Gasteiger partial charge in [-0.25, -0.2) is 0 Å². The molecule has 0 atom stereocenters. The van der Waals surface area contributed by atoms with Crippen molar-refractivity contribution in [3.8, 4) is 0 Å². The summed E-state index contributed by atoms with van der Waals surface area (Å²) < 4.78 is 0. The molecule has 1 aliphatic rings. The molecule has 2 rings (SSSR count). The van der Waals surface area contributed by atoms with Crippen LogP contribution in [0.2, 0.25) is 0 Å². The molecule has 2 amide bonds. The fourth-order valence-electron chi connectivity index (χ4n) is 2.28. The molecular weight excluding hydrogens is 316 g/mol. The highest BCUT2D eigenvalue weighted by molar-refractivity contribution is 6.31. The van der Waals surface area contributed by atoms with E-state index >= 15 is 0 Å². The Morgan fingerprint density at radius 2 is 2.08 bits per heavy atom. The summed E-state index contributed by atoms with van der Waals surface area (Å²) in [6.07, 6.45) is 3.98. The second-order valence-electron chi connectivity index (χ2n) is 5.25. The van der Waals surface area contributed by atoms with Crippen LogP contribution in [0, 0.1) is 10.1 Å². The molecule has 1 N–H and O–H groups in total. The standard InChI is InChI=1S/C15H18N4O5/c20-14(17-12-5-4-6-13(9-12)19(22)23)10-16-24-11-15(21)18-7-2-1-3-8-18/h4-6,9-10H,1-3,7-8,11H2,(H,17,20)/b16-10-. The third-order valence-corrected chi connectivity index (χ3v) is 3.47. The van der Waals surface area contributed by atoms with Crippen molar-refractivity contribution in [2.24, 2.45) is 5.16 Å². The average Bonchev–Trinajstić information content (AvgIpc) is 2.59. The summed E-state index contributed by atoms with van der Waals surface area (Å²) in [6.45, 7) is 1.22. The van der Waals surface area contributed by atoms with E-state index in [4.69, 9.17) is 4.84 Å².